The van der Waals surface area contributed by atoms with Gasteiger partial charge in [-0.15, -0.1) is 0 Å². The molecule has 19 heavy (non-hydrogen) atoms. The van der Waals surface area contributed by atoms with Crippen LogP contribution in [0.2, 0.25) is 0 Å². The van der Waals surface area contributed by atoms with Gasteiger partial charge >= 0.3 is 0 Å². The van der Waals surface area contributed by atoms with Crippen molar-refractivity contribution >= 4 is 0 Å². The molecule has 1 aromatic rings. The summed E-state index contributed by atoms with van der Waals surface area (Å²) in [5.41, 5.74) is 7.58. The second-order valence-electron chi connectivity index (χ2n) is 6.42. The van der Waals surface area contributed by atoms with E-state index in [4.69, 9.17) is 5.73 Å². The third-order valence-corrected chi connectivity index (χ3v) is 5.27. The molecular weight excluding hydrogens is 241 g/mol. The Labute approximate surface area is 113 Å². The van der Waals surface area contributed by atoms with Crippen molar-refractivity contribution in [2.45, 2.75) is 11.5 Å². The Bertz CT molecular complexity index is 488. The standard InChI is InChI=1S/C15H20FN3/c16-13-3-1-2-12(6-13)15-9-18-4-5-19(10-15)8-11(7-18)14(15)17/h1-3,6,11,14H,4-5,7-10,17H2. The Balaban J connectivity index is 1.83. The van der Waals surface area contributed by atoms with Crippen LogP contribution in [0, 0.1) is 11.7 Å². The highest BCUT2D eigenvalue weighted by Gasteiger charge is 2.53. The zero-order valence-corrected chi connectivity index (χ0v) is 11.1. The molecule has 0 radical (unpaired) electrons. The maximum Gasteiger partial charge on any atom is 0.123 e. The van der Waals surface area contributed by atoms with Gasteiger partial charge in [0, 0.05) is 56.6 Å². The molecule has 0 saturated carbocycles. The van der Waals surface area contributed by atoms with E-state index in [1.165, 1.54) is 6.07 Å². The number of hydrogen-bond donors (Lipinski definition) is 1. The van der Waals surface area contributed by atoms with Gasteiger partial charge in [0.2, 0.25) is 0 Å². The van der Waals surface area contributed by atoms with E-state index in [-0.39, 0.29) is 17.3 Å². The van der Waals surface area contributed by atoms with E-state index in [1.807, 2.05) is 6.07 Å². The Morgan fingerprint density at radius 2 is 1.84 bits per heavy atom. The number of rotatable bonds is 1. The molecule has 4 fully saturated rings. The topological polar surface area (TPSA) is 32.5 Å². The normalized spacial score (nSPS) is 44.3. The lowest BCUT2D eigenvalue weighted by Gasteiger charge is -2.54. The highest BCUT2D eigenvalue weighted by Crippen LogP contribution is 2.42. The summed E-state index contributed by atoms with van der Waals surface area (Å²) in [6.07, 6.45) is 0. The third kappa shape index (κ3) is 1.67. The predicted octanol–water partition coefficient (Wildman–Crippen LogP) is 0.652. The number of hydrogen-bond acceptors (Lipinski definition) is 3. The van der Waals surface area contributed by atoms with E-state index in [0.29, 0.717) is 5.92 Å². The lowest BCUT2D eigenvalue weighted by molar-refractivity contribution is 0.0352. The fourth-order valence-electron chi connectivity index (χ4n) is 4.38. The average Bonchev–Trinajstić information content (AvgIpc) is 2.64. The summed E-state index contributed by atoms with van der Waals surface area (Å²) in [7, 11) is 0. The number of nitrogens with zero attached hydrogens (tertiary/aromatic N) is 2. The van der Waals surface area contributed by atoms with E-state index < -0.39 is 0 Å². The fourth-order valence-corrected chi connectivity index (χ4v) is 4.38. The first-order chi connectivity index (χ1) is 9.17. The first-order valence-corrected chi connectivity index (χ1v) is 7.14. The number of halogens is 1. The summed E-state index contributed by atoms with van der Waals surface area (Å²) in [4.78, 5) is 5.04. The molecule has 0 aromatic heterocycles. The largest absolute Gasteiger partial charge is 0.326 e. The van der Waals surface area contributed by atoms with Crippen molar-refractivity contribution in [1.29, 1.82) is 0 Å². The smallest absolute Gasteiger partial charge is 0.123 e. The first kappa shape index (κ1) is 11.8. The zero-order chi connectivity index (χ0) is 13.0. The number of piperidine rings is 2. The van der Waals surface area contributed by atoms with Gasteiger partial charge < -0.3 is 15.5 Å². The van der Waals surface area contributed by atoms with Crippen LogP contribution in [-0.2, 0) is 5.41 Å². The third-order valence-electron chi connectivity index (χ3n) is 5.27. The molecule has 3 nitrogen and oxygen atoms in total. The molecule has 0 aliphatic carbocycles. The summed E-state index contributed by atoms with van der Waals surface area (Å²) in [5, 5.41) is 0. The quantitative estimate of drug-likeness (QED) is 0.806. The van der Waals surface area contributed by atoms with Gasteiger partial charge in [-0.25, -0.2) is 4.39 Å². The van der Waals surface area contributed by atoms with Gasteiger partial charge in [-0.1, -0.05) is 12.1 Å². The molecule has 4 aliphatic rings. The molecule has 4 aliphatic heterocycles. The number of benzene rings is 1. The van der Waals surface area contributed by atoms with E-state index in [9.17, 15) is 4.39 Å². The summed E-state index contributed by atoms with van der Waals surface area (Å²) >= 11 is 0. The fraction of sp³-hybridized carbons (Fsp3) is 0.600. The minimum atomic E-state index is -0.149. The monoisotopic (exact) mass is 261 g/mol. The first-order valence-electron chi connectivity index (χ1n) is 7.14. The van der Waals surface area contributed by atoms with Gasteiger partial charge in [-0.05, 0) is 17.7 Å². The molecule has 102 valence electrons. The molecule has 4 heterocycles. The second-order valence-corrected chi connectivity index (χ2v) is 6.42. The molecule has 5 rings (SSSR count). The zero-order valence-electron chi connectivity index (χ0n) is 11.1. The van der Waals surface area contributed by atoms with Crippen molar-refractivity contribution in [1.82, 2.24) is 9.80 Å². The molecule has 0 amide bonds. The molecule has 4 heteroatoms. The summed E-state index contributed by atoms with van der Waals surface area (Å²) in [6.45, 7) is 6.42. The molecule has 1 aromatic carbocycles. The van der Waals surface area contributed by atoms with Crippen LogP contribution in [0.15, 0.2) is 24.3 Å². The minimum absolute atomic E-state index is 0.0836. The SMILES string of the molecule is NC1C2CN3CCN(C2)CC1(c1cccc(F)c1)C3. The van der Waals surface area contributed by atoms with Gasteiger partial charge in [0.15, 0.2) is 0 Å². The van der Waals surface area contributed by atoms with Crippen LogP contribution in [0.1, 0.15) is 5.56 Å². The van der Waals surface area contributed by atoms with Gasteiger partial charge in [-0.3, -0.25) is 0 Å². The van der Waals surface area contributed by atoms with Crippen LogP contribution in [0.25, 0.3) is 0 Å². The van der Waals surface area contributed by atoms with Crippen LogP contribution in [-0.4, -0.2) is 55.1 Å². The van der Waals surface area contributed by atoms with Gasteiger partial charge in [0.25, 0.3) is 0 Å². The van der Waals surface area contributed by atoms with Crippen molar-refractivity contribution in [3.05, 3.63) is 35.6 Å². The Morgan fingerprint density at radius 1 is 1.16 bits per heavy atom. The number of nitrogens with two attached hydrogens (primary N) is 1. The highest BCUT2D eigenvalue weighted by molar-refractivity contribution is 5.33. The van der Waals surface area contributed by atoms with Crippen molar-refractivity contribution in [3.8, 4) is 0 Å². The molecule has 3 unspecified atom stereocenters. The van der Waals surface area contributed by atoms with E-state index in [1.54, 1.807) is 6.07 Å². The Kier molecular flexibility index (Phi) is 2.50. The molecule has 4 saturated heterocycles. The highest BCUT2D eigenvalue weighted by atomic mass is 19.1. The lowest BCUT2D eigenvalue weighted by atomic mass is 9.65. The van der Waals surface area contributed by atoms with E-state index in [2.05, 4.69) is 15.9 Å². The lowest BCUT2D eigenvalue weighted by Crippen LogP contribution is -2.69. The summed E-state index contributed by atoms with van der Waals surface area (Å²) < 4.78 is 13.6. The summed E-state index contributed by atoms with van der Waals surface area (Å²) in [6, 6.07) is 7.23. The Morgan fingerprint density at radius 3 is 2.47 bits per heavy atom. The van der Waals surface area contributed by atoms with Gasteiger partial charge in [0.05, 0.1) is 0 Å². The average molecular weight is 261 g/mol. The predicted molar refractivity (Wildman–Crippen MR) is 72.4 cm³/mol. The van der Waals surface area contributed by atoms with Crippen molar-refractivity contribution in [2.75, 3.05) is 39.3 Å². The van der Waals surface area contributed by atoms with Crippen LogP contribution in [0.3, 0.4) is 0 Å². The van der Waals surface area contributed by atoms with E-state index in [0.717, 1.165) is 44.8 Å². The minimum Gasteiger partial charge on any atom is -0.326 e. The molecule has 3 atom stereocenters. The maximum atomic E-state index is 13.6. The number of fused-ring (bicyclic) bond motifs is 1. The van der Waals surface area contributed by atoms with Crippen LogP contribution >= 0.6 is 0 Å². The van der Waals surface area contributed by atoms with Crippen LogP contribution in [0.5, 0.6) is 0 Å². The Hall–Kier alpha value is -0.970. The van der Waals surface area contributed by atoms with Crippen molar-refractivity contribution < 1.29 is 4.39 Å². The van der Waals surface area contributed by atoms with Crippen molar-refractivity contribution in [2.24, 2.45) is 11.7 Å². The maximum absolute atomic E-state index is 13.6. The van der Waals surface area contributed by atoms with Crippen LogP contribution in [0.4, 0.5) is 4.39 Å². The van der Waals surface area contributed by atoms with Crippen LogP contribution < -0.4 is 5.73 Å². The van der Waals surface area contributed by atoms with Crippen molar-refractivity contribution in [3.63, 3.8) is 0 Å². The van der Waals surface area contributed by atoms with E-state index >= 15 is 0 Å². The van der Waals surface area contributed by atoms with Gasteiger partial charge in [0.1, 0.15) is 5.82 Å². The van der Waals surface area contributed by atoms with Gasteiger partial charge in [-0.2, -0.15) is 0 Å². The molecule has 2 N–H and O–H groups in total. The second kappa shape index (κ2) is 4.01. The summed E-state index contributed by atoms with van der Waals surface area (Å²) in [5.74, 6) is 0.373. The molecular formula is C15H20FN3. The molecule has 4 bridgehead atoms. The molecule has 0 spiro atoms.